The summed E-state index contributed by atoms with van der Waals surface area (Å²) >= 11 is 1.48. The van der Waals surface area contributed by atoms with Crippen LogP contribution in [0.1, 0.15) is 60.6 Å². The van der Waals surface area contributed by atoms with Crippen LogP contribution in [-0.4, -0.2) is 52.9 Å². The number of carbonyl (C=O) groups excluding carboxylic acids is 1. The fourth-order valence-electron chi connectivity index (χ4n) is 3.47. The maximum Gasteiger partial charge on any atom is 0.273 e. The van der Waals surface area contributed by atoms with E-state index in [1.165, 1.54) is 43.7 Å². The van der Waals surface area contributed by atoms with Crippen molar-refractivity contribution in [1.82, 2.24) is 14.8 Å². The normalized spacial score (nSPS) is 22.7. The molecule has 2 aliphatic rings. The van der Waals surface area contributed by atoms with Crippen LogP contribution in [0.2, 0.25) is 0 Å². The molecule has 2 aliphatic heterocycles. The molecule has 6 heteroatoms. The van der Waals surface area contributed by atoms with E-state index in [0.29, 0.717) is 11.7 Å². The molecule has 122 valence electrons. The maximum atomic E-state index is 12.5. The Morgan fingerprint density at radius 3 is 2.55 bits per heavy atom. The van der Waals surface area contributed by atoms with Gasteiger partial charge in [-0.15, -0.1) is 11.3 Å². The summed E-state index contributed by atoms with van der Waals surface area (Å²) in [5.41, 5.74) is 6.39. The van der Waals surface area contributed by atoms with Gasteiger partial charge in [-0.3, -0.25) is 4.79 Å². The Morgan fingerprint density at radius 2 is 1.95 bits per heavy atom. The number of hydrogen-bond acceptors (Lipinski definition) is 5. The van der Waals surface area contributed by atoms with Crippen LogP contribution in [0, 0.1) is 0 Å². The van der Waals surface area contributed by atoms with E-state index in [9.17, 15) is 4.79 Å². The molecule has 3 heterocycles. The van der Waals surface area contributed by atoms with Crippen molar-refractivity contribution in [3.63, 3.8) is 0 Å². The molecule has 1 amide bonds. The van der Waals surface area contributed by atoms with Gasteiger partial charge in [0.05, 0.1) is 6.04 Å². The van der Waals surface area contributed by atoms with Crippen molar-refractivity contribution >= 4 is 17.2 Å². The lowest BCUT2D eigenvalue weighted by Gasteiger charge is -2.40. The highest BCUT2D eigenvalue weighted by Gasteiger charge is 2.28. The second-order valence-electron chi connectivity index (χ2n) is 6.48. The van der Waals surface area contributed by atoms with Gasteiger partial charge in [-0.05, 0) is 45.7 Å². The quantitative estimate of drug-likeness (QED) is 0.927. The molecule has 0 spiro atoms. The SMILES string of the molecule is CC(N)c1nc(C(=O)N2CCC(N3CCCCC3)CC2)cs1. The van der Waals surface area contributed by atoms with Crippen molar-refractivity contribution < 1.29 is 4.79 Å². The van der Waals surface area contributed by atoms with Crippen LogP contribution in [-0.2, 0) is 0 Å². The van der Waals surface area contributed by atoms with Crippen molar-refractivity contribution in [2.24, 2.45) is 5.73 Å². The van der Waals surface area contributed by atoms with Gasteiger partial charge < -0.3 is 15.5 Å². The van der Waals surface area contributed by atoms with Gasteiger partial charge in [0.15, 0.2) is 0 Å². The molecule has 2 N–H and O–H groups in total. The molecule has 5 nitrogen and oxygen atoms in total. The van der Waals surface area contributed by atoms with Gasteiger partial charge in [0.2, 0.25) is 0 Å². The number of likely N-dealkylation sites (tertiary alicyclic amines) is 2. The summed E-state index contributed by atoms with van der Waals surface area (Å²) in [6.07, 6.45) is 6.22. The number of carbonyl (C=O) groups is 1. The third kappa shape index (κ3) is 3.50. The Balaban J connectivity index is 1.54. The lowest BCUT2D eigenvalue weighted by molar-refractivity contribution is 0.0585. The van der Waals surface area contributed by atoms with E-state index in [1.807, 2.05) is 17.2 Å². The number of rotatable bonds is 3. The molecule has 1 aromatic heterocycles. The minimum absolute atomic E-state index is 0.0697. The van der Waals surface area contributed by atoms with Crippen LogP contribution in [0.4, 0.5) is 0 Å². The second kappa shape index (κ2) is 7.06. The summed E-state index contributed by atoms with van der Waals surface area (Å²) in [6.45, 7) is 6.08. The van der Waals surface area contributed by atoms with Crippen LogP contribution >= 0.6 is 11.3 Å². The zero-order valence-electron chi connectivity index (χ0n) is 13.3. The molecule has 22 heavy (non-hydrogen) atoms. The highest BCUT2D eigenvalue weighted by Crippen LogP contribution is 2.23. The molecule has 0 aromatic carbocycles. The molecular formula is C16H26N4OS. The lowest BCUT2D eigenvalue weighted by Crippen LogP contribution is -2.48. The number of thiazole rings is 1. The first-order valence-electron chi connectivity index (χ1n) is 8.39. The van der Waals surface area contributed by atoms with Gasteiger partial charge in [-0.25, -0.2) is 4.98 Å². The molecule has 1 unspecified atom stereocenters. The van der Waals surface area contributed by atoms with Gasteiger partial charge in [0.1, 0.15) is 10.7 Å². The molecular weight excluding hydrogens is 296 g/mol. The largest absolute Gasteiger partial charge is 0.337 e. The topological polar surface area (TPSA) is 62.5 Å². The van der Waals surface area contributed by atoms with Crippen LogP contribution < -0.4 is 5.73 Å². The lowest BCUT2D eigenvalue weighted by atomic mass is 10.00. The Morgan fingerprint density at radius 1 is 1.27 bits per heavy atom. The number of nitrogens with zero attached hydrogens (tertiary/aromatic N) is 3. The summed E-state index contributed by atoms with van der Waals surface area (Å²) in [6, 6.07) is 0.566. The van der Waals surface area contributed by atoms with Gasteiger partial charge in [-0.1, -0.05) is 6.42 Å². The van der Waals surface area contributed by atoms with E-state index >= 15 is 0 Å². The van der Waals surface area contributed by atoms with Crippen LogP contribution in [0.5, 0.6) is 0 Å². The molecule has 3 rings (SSSR count). The Bertz CT molecular complexity index is 502. The Kier molecular flexibility index (Phi) is 5.10. The third-order valence-electron chi connectivity index (χ3n) is 4.79. The fourth-order valence-corrected chi connectivity index (χ4v) is 4.23. The average Bonchev–Trinajstić information content (AvgIpc) is 3.05. The third-order valence-corrected chi connectivity index (χ3v) is 5.84. The van der Waals surface area contributed by atoms with E-state index in [4.69, 9.17) is 5.73 Å². The highest BCUT2D eigenvalue weighted by atomic mass is 32.1. The van der Waals surface area contributed by atoms with E-state index in [2.05, 4.69) is 9.88 Å². The summed E-state index contributed by atoms with van der Waals surface area (Å²) in [7, 11) is 0. The highest BCUT2D eigenvalue weighted by molar-refractivity contribution is 7.09. The van der Waals surface area contributed by atoms with E-state index < -0.39 is 0 Å². The predicted molar refractivity (Wildman–Crippen MR) is 89.1 cm³/mol. The Labute approximate surface area is 136 Å². The fraction of sp³-hybridized carbons (Fsp3) is 0.750. The number of amides is 1. The van der Waals surface area contributed by atoms with E-state index in [0.717, 1.165) is 30.9 Å². The second-order valence-corrected chi connectivity index (χ2v) is 7.37. The van der Waals surface area contributed by atoms with Crippen LogP contribution in [0.15, 0.2) is 5.38 Å². The average molecular weight is 322 g/mol. The minimum Gasteiger partial charge on any atom is -0.337 e. The standard InChI is InChI=1S/C16H26N4OS/c1-12(17)15-18-14(11-22-15)16(21)20-9-5-13(6-10-20)19-7-3-2-4-8-19/h11-13H,2-10,17H2,1H3. The monoisotopic (exact) mass is 322 g/mol. The van der Waals surface area contributed by atoms with Crippen LogP contribution in [0.25, 0.3) is 0 Å². The van der Waals surface area contributed by atoms with Crippen molar-refractivity contribution in [3.05, 3.63) is 16.1 Å². The summed E-state index contributed by atoms with van der Waals surface area (Å²) in [5.74, 6) is 0.0697. The summed E-state index contributed by atoms with van der Waals surface area (Å²) < 4.78 is 0. The zero-order chi connectivity index (χ0) is 15.5. The first-order valence-corrected chi connectivity index (χ1v) is 9.27. The van der Waals surface area contributed by atoms with Crippen molar-refractivity contribution in [3.8, 4) is 0 Å². The minimum atomic E-state index is -0.101. The molecule has 1 aromatic rings. The zero-order valence-corrected chi connectivity index (χ0v) is 14.1. The molecule has 1 atom stereocenters. The molecule has 0 radical (unpaired) electrons. The van der Waals surface area contributed by atoms with Crippen LogP contribution in [0.3, 0.4) is 0 Å². The summed E-state index contributed by atoms with van der Waals surface area (Å²) in [4.78, 5) is 21.5. The van der Waals surface area contributed by atoms with Crippen molar-refractivity contribution in [1.29, 1.82) is 0 Å². The number of piperidine rings is 2. The van der Waals surface area contributed by atoms with Gasteiger partial charge in [0, 0.05) is 24.5 Å². The Hall–Kier alpha value is -0.980. The first-order chi connectivity index (χ1) is 10.6. The van der Waals surface area contributed by atoms with Crippen molar-refractivity contribution in [2.45, 2.75) is 51.1 Å². The number of hydrogen-bond donors (Lipinski definition) is 1. The van der Waals surface area contributed by atoms with E-state index in [-0.39, 0.29) is 11.9 Å². The maximum absolute atomic E-state index is 12.5. The summed E-state index contributed by atoms with van der Waals surface area (Å²) in [5, 5.41) is 2.68. The number of aromatic nitrogens is 1. The molecule has 2 saturated heterocycles. The van der Waals surface area contributed by atoms with E-state index in [1.54, 1.807) is 0 Å². The van der Waals surface area contributed by atoms with Gasteiger partial charge in [0.25, 0.3) is 5.91 Å². The molecule has 2 fully saturated rings. The first kappa shape index (κ1) is 15.9. The molecule has 0 saturated carbocycles. The smallest absolute Gasteiger partial charge is 0.273 e. The van der Waals surface area contributed by atoms with Crippen molar-refractivity contribution in [2.75, 3.05) is 26.2 Å². The van der Waals surface area contributed by atoms with Gasteiger partial charge in [-0.2, -0.15) is 0 Å². The number of nitrogens with two attached hydrogens (primary N) is 1. The van der Waals surface area contributed by atoms with Gasteiger partial charge >= 0.3 is 0 Å². The predicted octanol–water partition coefficient (Wildman–Crippen LogP) is 2.25. The molecule has 0 bridgehead atoms. The molecule has 0 aliphatic carbocycles.